The Balaban J connectivity index is 1.83. The molecule has 0 aromatic heterocycles. The molecule has 0 heterocycles. The highest BCUT2D eigenvalue weighted by atomic mass is 19.4. The molecule has 228 valence electrons. The number of benzene rings is 4. The zero-order chi connectivity index (χ0) is 31.1. The number of alkyl halides is 8. The van der Waals surface area contributed by atoms with Crippen molar-refractivity contribution in [2.45, 2.75) is 37.7 Å². The standard InChI is InChI=1S/C31H25F8NO3/c32-28(33)41-27-15-5-4-10-22(27)19-40-20-29(18-21-8-2-1-3-9-21,23-11-6-13-25(16-23)42-30(34,35)36)24-12-7-14-26(17-24)43-31(37,38)39/h1-17,28,40H,18-20H2. The molecule has 0 unspecified atom stereocenters. The van der Waals surface area contributed by atoms with Gasteiger partial charge in [-0.3, -0.25) is 0 Å². The van der Waals surface area contributed by atoms with E-state index in [-0.39, 0.29) is 36.4 Å². The summed E-state index contributed by atoms with van der Waals surface area (Å²) in [4.78, 5) is 0. The molecule has 0 aliphatic heterocycles. The molecule has 4 aromatic rings. The van der Waals surface area contributed by atoms with E-state index in [2.05, 4.69) is 19.5 Å². The molecule has 12 heteroatoms. The second-order valence-corrected chi connectivity index (χ2v) is 9.49. The van der Waals surface area contributed by atoms with Crippen molar-refractivity contribution in [2.24, 2.45) is 0 Å². The first-order valence-electron chi connectivity index (χ1n) is 12.8. The number of hydrogen-bond acceptors (Lipinski definition) is 4. The van der Waals surface area contributed by atoms with Gasteiger partial charge in [0.15, 0.2) is 0 Å². The van der Waals surface area contributed by atoms with E-state index in [0.29, 0.717) is 5.56 Å². The summed E-state index contributed by atoms with van der Waals surface area (Å²) in [5, 5.41) is 3.16. The van der Waals surface area contributed by atoms with E-state index in [4.69, 9.17) is 0 Å². The van der Waals surface area contributed by atoms with Crippen molar-refractivity contribution in [3.8, 4) is 17.2 Å². The fourth-order valence-electron chi connectivity index (χ4n) is 4.83. The van der Waals surface area contributed by atoms with E-state index in [1.807, 2.05) is 0 Å². The molecule has 0 radical (unpaired) electrons. The Bertz CT molecular complexity index is 1420. The number of rotatable bonds is 12. The number of para-hydroxylation sites is 1. The molecule has 4 nitrogen and oxygen atoms in total. The molecule has 0 atom stereocenters. The summed E-state index contributed by atoms with van der Waals surface area (Å²) in [7, 11) is 0. The van der Waals surface area contributed by atoms with Crippen molar-refractivity contribution in [3.63, 3.8) is 0 Å². The monoisotopic (exact) mass is 611 g/mol. The normalized spacial score (nSPS) is 12.3. The number of nitrogens with one attached hydrogen (secondary N) is 1. The van der Waals surface area contributed by atoms with Crippen LogP contribution in [0.3, 0.4) is 0 Å². The summed E-state index contributed by atoms with van der Waals surface area (Å²) >= 11 is 0. The third-order valence-electron chi connectivity index (χ3n) is 6.52. The van der Waals surface area contributed by atoms with Crippen LogP contribution in [-0.4, -0.2) is 25.9 Å². The lowest BCUT2D eigenvalue weighted by Crippen LogP contribution is -2.41. The maximum atomic E-state index is 13.1. The molecule has 0 bridgehead atoms. The first-order valence-corrected chi connectivity index (χ1v) is 12.8. The van der Waals surface area contributed by atoms with Gasteiger partial charge in [-0.05, 0) is 53.4 Å². The van der Waals surface area contributed by atoms with Gasteiger partial charge in [-0.2, -0.15) is 8.78 Å². The molecule has 0 spiro atoms. The fourth-order valence-corrected chi connectivity index (χ4v) is 4.83. The zero-order valence-corrected chi connectivity index (χ0v) is 22.3. The van der Waals surface area contributed by atoms with Gasteiger partial charge < -0.3 is 19.5 Å². The van der Waals surface area contributed by atoms with Crippen LogP contribution in [0.15, 0.2) is 103 Å². The maximum absolute atomic E-state index is 13.1. The minimum atomic E-state index is -4.99. The van der Waals surface area contributed by atoms with Crippen LogP contribution in [0.4, 0.5) is 35.1 Å². The first kappa shape index (κ1) is 31.6. The molecule has 43 heavy (non-hydrogen) atoms. The molecule has 0 fully saturated rings. The van der Waals surface area contributed by atoms with E-state index < -0.39 is 36.3 Å². The Morgan fingerprint density at radius 1 is 0.628 bits per heavy atom. The molecule has 1 N–H and O–H groups in total. The molecule has 0 saturated carbocycles. The van der Waals surface area contributed by atoms with Gasteiger partial charge in [-0.25, -0.2) is 0 Å². The minimum Gasteiger partial charge on any atom is -0.434 e. The average Bonchev–Trinajstić information content (AvgIpc) is 2.92. The average molecular weight is 612 g/mol. The molecule has 0 saturated heterocycles. The van der Waals surface area contributed by atoms with E-state index in [9.17, 15) is 35.1 Å². The van der Waals surface area contributed by atoms with E-state index in [1.54, 1.807) is 54.6 Å². The Hall–Kier alpha value is -4.32. The second-order valence-electron chi connectivity index (χ2n) is 9.49. The molecule has 4 rings (SSSR count). The predicted octanol–water partition coefficient (Wildman–Crippen LogP) is 8.40. The van der Waals surface area contributed by atoms with Crippen molar-refractivity contribution in [1.29, 1.82) is 0 Å². The minimum absolute atomic E-state index is 0.0169. The lowest BCUT2D eigenvalue weighted by atomic mass is 9.70. The third kappa shape index (κ3) is 9.08. The Kier molecular flexibility index (Phi) is 9.80. The highest BCUT2D eigenvalue weighted by Gasteiger charge is 2.38. The van der Waals surface area contributed by atoms with Crippen LogP contribution < -0.4 is 19.5 Å². The number of ether oxygens (including phenoxy) is 3. The van der Waals surface area contributed by atoms with Gasteiger partial charge in [0, 0.05) is 24.1 Å². The predicted molar refractivity (Wildman–Crippen MR) is 142 cm³/mol. The lowest BCUT2D eigenvalue weighted by Gasteiger charge is -2.36. The van der Waals surface area contributed by atoms with Crippen LogP contribution in [0.1, 0.15) is 22.3 Å². The van der Waals surface area contributed by atoms with Crippen molar-refractivity contribution >= 4 is 0 Å². The first-order chi connectivity index (χ1) is 20.3. The van der Waals surface area contributed by atoms with Gasteiger partial charge in [-0.15, -0.1) is 26.3 Å². The highest BCUT2D eigenvalue weighted by molar-refractivity contribution is 5.47. The molecular formula is C31H25F8NO3. The zero-order valence-electron chi connectivity index (χ0n) is 22.3. The summed E-state index contributed by atoms with van der Waals surface area (Å²) in [6.07, 6.45) is -9.87. The van der Waals surface area contributed by atoms with Gasteiger partial charge in [-0.1, -0.05) is 72.8 Å². The summed E-state index contributed by atoms with van der Waals surface area (Å²) in [5.41, 5.74) is 0.337. The van der Waals surface area contributed by atoms with Crippen molar-refractivity contribution in [2.75, 3.05) is 6.54 Å². The van der Waals surface area contributed by atoms with Crippen LogP contribution in [0.25, 0.3) is 0 Å². The molecular weight excluding hydrogens is 586 g/mol. The smallest absolute Gasteiger partial charge is 0.434 e. The second kappa shape index (κ2) is 13.3. The van der Waals surface area contributed by atoms with Crippen molar-refractivity contribution in [1.82, 2.24) is 5.32 Å². The van der Waals surface area contributed by atoms with E-state index in [0.717, 1.165) is 17.7 Å². The summed E-state index contributed by atoms with van der Waals surface area (Å²) < 4.78 is 118. The quantitative estimate of drug-likeness (QED) is 0.163. The summed E-state index contributed by atoms with van der Waals surface area (Å²) in [6, 6.07) is 25.2. The molecule has 4 aromatic carbocycles. The van der Waals surface area contributed by atoms with Crippen LogP contribution in [0, 0.1) is 0 Å². The molecule has 0 aliphatic carbocycles. The van der Waals surface area contributed by atoms with Crippen LogP contribution in [0.2, 0.25) is 0 Å². The number of hydrogen-bond donors (Lipinski definition) is 1. The van der Waals surface area contributed by atoms with E-state index in [1.165, 1.54) is 36.4 Å². The van der Waals surface area contributed by atoms with Crippen molar-refractivity contribution in [3.05, 3.63) is 125 Å². The Labute approximate surface area is 241 Å². The van der Waals surface area contributed by atoms with Gasteiger partial charge in [0.1, 0.15) is 17.2 Å². The van der Waals surface area contributed by atoms with Gasteiger partial charge in [0.2, 0.25) is 0 Å². The maximum Gasteiger partial charge on any atom is 0.573 e. The fraction of sp³-hybridized carbons (Fsp3) is 0.226. The molecule has 0 aliphatic rings. The van der Waals surface area contributed by atoms with Crippen LogP contribution in [0.5, 0.6) is 17.2 Å². The third-order valence-corrected chi connectivity index (χ3v) is 6.52. The van der Waals surface area contributed by atoms with Gasteiger partial charge >= 0.3 is 19.3 Å². The lowest BCUT2D eigenvalue weighted by molar-refractivity contribution is -0.275. The summed E-state index contributed by atoms with van der Waals surface area (Å²) in [6.45, 7) is -3.15. The number of halogens is 8. The van der Waals surface area contributed by atoms with Gasteiger partial charge in [0.25, 0.3) is 0 Å². The van der Waals surface area contributed by atoms with E-state index >= 15 is 0 Å². The Morgan fingerprint density at radius 2 is 1.16 bits per heavy atom. The molecule has 0 amide bonds. The van der Waals surface area contributed by atoms with Crippen LogP contribution in [-0.2, 0) is 18.4 Å². The van der Waals surface area contributed by atoms with Gasteiger partial charge in [0.05, 0.1) is 0 Å². The Morgan fingerprint density at radius 3 is 1.70 bits per heavy atom. The SMILES string of the molecule is FC(F)Oc1ccccc1CNCC(Cc1ccccc1)(c1cccc(OC(F)(F)F)c1)c1cccc(OC(F)(F)F)c1. The highest BCUT2D eigenvalue weighted by Crippen LogP contribution is 2.40. The van der Waals surface area contributed by atoms with Crippen molar-refractivity contribution < 1.29 is 49.3 Å². The summed E-state index contributed by atoms with van der Waals surface area (Å²) in [5.74, 6) is -1.14. The topological polar surface area (TPSA) is 39.7 Å². The largest absolute Gasteiger partial charge is 0.573 e. The van der Waals surface area contributed by atoms with Crippen LogP contribution >= 0.6 is 0 Å².